The van der Waals surface area contributed by atoms with E-state index in [0.717, 1.165) is 0 Å². The molecule has 0 bridgehead atoms. The molecule has 2 rings (SSSR count). The molecule has 0 spiro atoms. The van der Waals surface area contributed by atoms with Crippen molar-refractivity contribution in [3.8, 4) is 0 Å². The quantitative estimate of drug-likeness (QED) is 0.556. The number of hydrogen-bond acceptors (Lipinski definition) is 4. The van der Waals surface area contributed by atoms with Gasteiger partial charge in [-0.05, 0) is 12.8 Å². The summed E-state index contributed by atoms with van der Waals surface area (Å²) in [7, 11) is -3.33. The number of morpholine rings is 1. The fourth-order valence-corrected chi connectivity index (χ4v) is 3.99. The van der Waals surface area contributed by atoms with Gasteiger partial charge in [0.2, 0.25) is 0 Å². The maximum atomic E-state index is 12.0. The lowest BCUT2D eigenvalue weighted by molar-refractivity contribution is 0.0725. The molecule has 0 amide bonds. The van der Waals surface area contributed by atoms with Crippen LogP contribution in [0.15, 0.2) is 0 Å². The number of ether oxygens (including phenoxy) is 1. The zero-order valence-corrected chi connectivity index (χ0v) is 14.2. The van der Waals surface area contributed by atoms with E-state index in [9.17, 15) is 8.42 Å². The first-order valence-electron chi connectivity index (χ1n) is 7.74. The Bertz CT molecular complexity index is 367. The van der Waals surface area contributed by atoms with Gasteiger partial charge in [-0.3, -0.25) is 0 Å². The van der Waals surface area contributed by atoms with Crippen LogP contribution in [-0.4, -0.2) is 58.2 Å². The van der Waals surface area contributed by atoms with Gasteiger partial charge in [0, 0.05) is 32.2 Å². The Hall–Kier alpha value is 0.0800. The third-order valence-corrected chi connectivity index (χ3v) is 5.62. The molecule has 0 aromatic heterocycles. The van der Waals surface area contributed by atoms with E-state index < -0.39 is 10.2 Å². The van der Waals surface area contributed by atoms with Gasteiger partial charge in [0.1, 0.15) is 0 Å². The molecule has 2 aliphatic rings. The third kappa shape index (κ3) is 6.80. The number of hydrogen-bond donors (Lipinski definition) is 2. The lowest BCUT2D eigenvalue weighted by Crippen LogP contribution is -2.48. The molecular weight excluding hydrogens is 314 g/mol. The fourth-order valence-electron chi connectivity index (χ4n) is 2.82. The van der Waals surface area contributed by atoms with Crippen molar-refractivity contribution in [2.45, 2.75) is 44.6 Å². The standard InChI is InChI=1S/C13H27N3O3S.ClH/c17-20(18,16-9-11-19-12-10-16)15-8-7-14-13-5-3-1-2-4-6-13;/h13-15H,1-12H2;1H. The minimum Gasteiger partial charge on any atom is -0.379 e. The van der Waals surface area contributed by atoms with E-state index in [1.165, 1.54) is 42.8 Å². The average Bonchev–Trinajstić information content (AvgIpc) is 2.73. The molecule has 0 aromatic rings. The van der Waals surface area contributed by atoms with Crippen molar-refractivity contribution >= 4 is 22.6 Å². The topological polar surface area (TPSA) is 70.7 Å². The van der Waals surface area contributed by atoms with Gasteiger partial charge in [-0.25, -0.2) is 4.72 Å². The first kappa shape index (κ1) is 19.1. The predicted octanol–water partition coefficient (Wildman–Crippen LogP) is 0.887. The number of nitrogens with zero attached hydrogens (tertiary/aromatic N) is 1. The van der Waals surface area contributed by atoms with E-state index in [4.69, 9.17) is 4.74 Å². The van der Waals surface area contributed by atoms with E-state index >= 15 is 0 Å². The van der Waals surface area contributed by atoms with Gasteiger partial charge in [-0.15, -0.1) is 12.4 Å². The predicted molar refractivity (Wildman–Crippen MR) is 86.1 cm³/mol. The Morgan fingerprint density at radius 2 is 1.62 bits per heavy atom. The van der Waals surface area contributed by atoms with Crippen molar-refractivity contribution in [1.82, 2.24) is 14.3 Å². The van der Waals surface area contributed by atoms with Crippen LogP contribution in [0.25, 0.3) is 0 Å². The average molecular weight is 342 g/mol. The normalized spacial score (nSPS) is 22.5. The van der Waals surface area contributed by atoms with E-state index in [2.05, 4.69) is 10.0 Å². The molecule has 6 nitrogen and oxygen atoms in total. The van der Waals surface area contributed by atoms with Gasteiger partial charge in [-0.2, -0.15) is 12.7 Å². The summed E-state index contributed by atoms with van der Waals surface area (Å²) >= 11 is 0. The molecule has 21 heavy (non-hydrogen) atoms. The molecule has 0 radical (unpaired) electrons. The number of nitrogens with one attached hydrogen (secondary N) is 2. The van der Waals surface area contributed by atoms with Crippen molar-refractivity contribution in [1.29, 1.82) is 0 Å². The Morgan fingerprint density at radius 3 is 2.24 bits per heavy atom. The van der Waals surface area contributed by atoms with Crippen LogP contribution in [0, 0.1) is 0 Å². The lowest BCUT2D eigenvalue weighted by atomic mass is 10.1. The van der Waals surface area contributed by atoms with Gasteiger partial charge in [0.05, 0.1) is 13.2 Å². The number of rotatable bonds is 6. The SMILES string of the molecule is Cl.O=S(=O)(NCCNC1CCCCCC1)N1CCOCC1. The molecular formula is C13H28ClN3O3S. The molecule has 0 atom stereocenters. The van der Waals surface area contributed by atoms with Gasteiger partial charge < -0.3 is 10.1 Å². The Morgan fingerprint density at radius 1 is 1.00 bits per heavy atom. The Kier molecular flexibility index (Phi) is 9.08. The highest BCUT2D eigenvalue weighted by atomic mass is 35.5. The van der Waals surface area contributed by atoms with Crippen LogP contribution in [0.3, 0.4) is 0 Å². The van der Waals surface area contributed by atoms with Crippen molar-refractivity contribution in [3.05, 3.63) is 0 Å². The van der Waals surface area contributed by atoms with Crippen molar-refractivity contribution in [3.63, 3.8) is 0 Å². The summed E-state index contributed by atoms with van der Waals surface area (Å²) in [6, 6.07) is 0.561. The zero-order valence-electron chi connectivity index (χ0n) is 12.6. The number of halogens is 1. The molecule has 1 heterocycles. The molecule has 1 aliphatic carbocycles. The van der Waals surface area contributed by atoms with Crippen LogP contribution in [0.2, 0.25) is 0 Å². The second kappa shape index (κ2) is 9.97. The molecule has 8 heteroatoms. The molecule has 0 unspecified atom stereocenters. The summed E-state index contributed by atoms with van der Waals surface area (Å²) < 4.78 is 33.3. The van der Waals surface area contributed by atoms with Gasteiger partial charge >= 0.3 is 0 Å². The van der Waals surface area contributed by atoms with E-state index in [1.54, 1.807) is 0 Å². The molecule has 1 saturated carbocycles. The maximum absolute atomic E-state index is 12.0. The Balaban J connectivity index is 0.00000220. The van der Waals surface area contributed by atoms with Crippen molar-refractivity contribution in [2.75, 3.05) is 39.4 Å². The summed E-state index contributed by atoms with van der Waals surface area (Å²) in [5, 5.41) is 3.47. The van der Waals surface area contributed by atoms with Crippen LogP contribution >= 0.6 is 12.4 Å². The van der Waals surface area contributed by atoms with E-state index in [0.29, 0.717) is 45.4 Å². The minimum absolute atomic E-state index is 0. The van der Waals surface area contributed by atoms with Crippen LogP contribution in [0.1, 0.15) is 38.5 Å². The Labute approximate surface area is 134 Å². The molecule has 2 N–H and O–H groups in total. The third-order valence-electron chi connectivity index (χ3n) is 4.01. The fraction of sp³-hybridized carbons (Fsp3) is 1.00. The summed E-state index contributed by atoms with van der Waals surface area (Å²) in [5.74, 6) is 0. The maximum Gasteiger partial charge on any atom is 0.279 e. The second-order valence-corrected chi connectivity index (χ2v) is 7.31. The first-order chi connectivity index (χ1) is 9.68. The van der Waals surface area contributed by atoms with E-state index in [-0.39, 0.29) is 12.4 Å². The highest BCUT2D eigenvalue weighted by Crippen LogP contribution is 2.16. The molecule has 126 valence electrons. The summed E-state index contributed by atoms with van der Waals surface area (Å²) in [5.41, 5.74) is 0. The summed E-state index contributed by atoms with van der Waals surface area (Å²) in [6.45, 7) is 3.03. The molecule has 2 fully saturated rings. The highest BCUT2D eigenvalue weighted by molar-refractivity contribution is 7.87. The van der Waals surface area contributed by atoms with Crippen LogP contribution in [0.4, 0.5) is 0 Å². The molecule has 1 saturated heterocycles. The first-order valence-corrected chi connectivity index (χ1v) is 9.18. The van der Waals surface area contributed by atoms with Gasteiger partial charge in [0.25, 0.3) is 10.2 Å². The van der Waals surface area contributed by atoms with E-state index in [1.807, 2.05) is 0 Å². The molecule has 0 aromatic carbocycles. The summed E-state index contributed by atoms with van der Waals surface area (Å²) in [4.78, 5) is 0. The summed E-state index contributed by atoms with van der Waals surface area (Å²) in [6.07, 6.45) is 7.68. The minimum atomic E-state index is -3.33. The van der Waals surface area contributed by atoms with Crippen molar-refractivity contribution in [2.24, 2.45) is 0 Å². The molecule has 1 aliphatic heterocycles. The van der Waals surface area contributed by atoms with Crippen molar-refractivity contribution < 1.29 is 13.2 Å². The van der Waals surface area contributed by atoms with Crippen LogP contribution < -0.4 is 10.0 Å². The smallest absolute Gasteiger partial charge is 0.279 e. The van der Waals surface area contributed by atoms with Gasteiger partial charge in [-0.1, -0.05) is 25.7 Å². The highest BCUT2D eigenvalue weighted by Gasteiger charge is 2.23. The largest absolute Gasteiger partial charge is 0.379 e. The van der Waals surface area contributed by atoms with Crippen LogP contribution in [0.5, 0.6) is 0 Å². The van der Waals surface area contributed by atoms with Crippen LogP contribution in [-0.2, 0) is 14.9 Å². The monoisotopic (exact) mass is 341 g/mol. The second-order valence-electron chi connectivity index (χ2n) is 5.55. The zero-order chi connectivity index (χ0) is 14.3. The lowest BCUT2D eigenvalue weighted by Gasteiger charge is -2.26. The van der Waals surface area contributed by atoms with Gasteiger partial charge in [0.15, 0.2) is 0 Å².